The molecule has 0 aromatic heterocycles. The summed E-state index contributed by atoms with van der Waals surface area (Å²) in [5, 5.41) is 3.00. The predicted octanol–water partition coefficient (Wildman–Crippen LogP) is 1.56. The van der Waals surface area contributed by atoms with Gasteiger partial charge in [0, 0.05) is 6.54 Å². The molecular formula is C10H17NO. The molecule has 68 valence electrons. The van der Waals surface area contributed by atoms with Crippen LogP contribution in [0.2, 0.25) is 0 Å². The van der Waals surface area contributed by atoms with E-state index in [2.05, 4.69) is 26.1 Å². The van der Waals surface area contributed by atoms with Gasteiger partial charge in [0.2, 0.25) is 5.91 Å². The minimum Gasteiger partial charge on any atom is -0.355 e. The van der Waals surface area contributed by atoms with Crippen LogP contribution in [0.3, 0.4) is 0 Å². The molecule has 1 aliphatic carbocycles. The molecule has 0 unspecified atom stereocenters. The van der Waals surface area contributed by atoms with E-state index in [1.807, 2.05) is 0 Å². The Bertz CT molecular complexity index is 234. The molecule has 0 spiro atoms. The first-order valence-electron chi connectivity index (χ1n) is 4.77. The van der Waals surface area contributed by atoms with Crippen molar-refractivity contribution < 1.29 is 4.79 Å². The predicted molar refractivity (Wildman–Crippen MR) is 47.6 cm³/mol. The molecule has 2 rings (SSSR count). The van der Waals surface area contributed by atoms with Crippen molar-refractivity contribution in [2.45, 2.75) is 33.6 Å². The first kappa shape index (κ1) is 8.09. The molecule has 1 amide bonds. The van der Waals surface area contributed by atoms with Crippen molar-refractivity contribution in [1.29, 1.82) is 0 Å². The second kappa shape index (κ2) is 2.04. The second-order valence-electron chi connectivity index (χ2n) is 5.00. The van der Waals surface area contributed by atoms with Crippen molar-refractivity contribution in [2.75, 3.05) is 6.54 Å². The zero-order valence-electron chi connectivity index (χ0n) is 8.11. The molecule has 2 nitrogen and oxygen atoms in total. The average Bonchev–Trinajstić information content (AvgIpc) is 2.17. The lowest BCUT2D eigenvalue weighted by Crippen LogP contribution is -2.54. The van der Waals surface area contributed by atoms with Crippen LogP contribution in [-0.4, -0.2) is 12.5 Å². The van der Waals surface area contributed by atoms with Gasteiger partial charge in [0.1, 0.15) is 0 Å². The maximum Gasteiger partial charge on any atom is 0.226 e. The summed E-state index contributed by atoms with van der Waals surface area (Å²) in [6, 6.07) is 0. The molecule has 0 radical (unpaired) electrons. The Balaban J connectivity index is 2.43. The van der Waals surface area contributed by atoms with E-state index >= 15 is 0 Å². The number of nitrogens with one attached hydrogen (secondary N) is 1. The van der Waals surface area contributed by atoms with Crippen LogP contribution in [0.25, 0.3) is 0 Å². The van der Waals surface area contributed by atoms with Gasteiger partial charge in [0.25, 0.3) is 0 Å². The molecule has 2 bridgehead atoms. The lowest BCUT2D eigenvalue weighted by Gasteiger charge is -2.44. The number of hydrogen-bond donors (Lipinski definition) is 1. The lowest BCUT2D eigenvalue weighted by molar-refractivity contribution is -0.139. The maximum absolute atomic E-state index is 11.7. The smallest absolute Gasteiger partial charge is 0.226 e. The molecule has 1 aliphatic heterocycles. The van der Waals surface area contributed by atoms with Crippen molar-refractivity contribution >= 4 is 5.91 Å². The summed E-state index contributed by atoms with van der Waals surface area (Å²) in [6.45, 7) is 7.48. The molecule has 2 heteroatoms. The van der Waals surface area contributed by atoms with Crippen molar-refractivity contribution in [2.24, 2.45) is 16.7 Å². The molecule has 12 heavy (non-hydrogen) atoms. The molecule has 1 N–H and O–H groups in total. The Labute approximate surface area is 73.7 Å². The summed E-state index contributed by atoms with van der Waals surface area (Å²) in [5.41, 5.74) is 0.102. The van der Waals surface area contributed by atoms with Gasteiger partial charge in [0.15, 0.2) is 0 Å². The Morgan fingerprint density at radius 1 is 1.42 bits per heavy atom. The average molecular weight is 167 g/mol. The van der Waals surface area contributed by atoms with E-state index in [0.717, 1.165) is 13.0 Å². The highest BCUT2D eigenvalue weighted by Gasteiger charge is 2.58. The van der Waals surface area contributed by atoms with E-state index in [0.29, 0.717) is 5.92 Å². The van der Waals surface area contributed by atoms with Crippen LogP contribution in [0, 0.1) is 16.7 Å². The Morgan fingerprint density at radius 3 is 2.67 bits per heavy atom. The fraction of sp³-hybridized carbons (Fsp3) is 0.900. The summed E-state index contributed by atoms with van der Waals surface area (Å²) in [4.78, 5) is 11.7. The quantitative estimate of drug-likeness (QED) is 0.583. The normalized spacial score (nSPS) is 44.2. The van der Waals surface area contributed by atoms with Gasteiger partial charge >= 0.3 is 0 Å². The third-order valence-electron chi connectivity index (χ3n) is 4.45. The van der Waals surface area contributed by atoms with Gasteiger partial charge in [0.05, 0.1) is 5.41 Å². The molecule has 0 aromatic rings. The monoisotopic (exact) mass is 167 g/mol. The SMILES string of the molecule is CC1(C)[C@@H]2CC[C@@]1(C)C(=O)NC2. The van der Waals surface area contributed by atoms with Crippen molar-refractivity contribution in [3.63, 3.8) is 0 Å². The van der Waals surface area contributed by atoms with E-state index in [1.54, 1.807) is 0 Å². The van der Waals surface area contributed by atoms with E-state index in [9.17, 15) is 4.79 Å². The van der Waals surface area contributed by atoms with Crippen molar-refractivity contribution in [3.8, 4) is 0 Å². The van der Waals surface area contributed by atoms with Gasteiger partial charge in [-0.25, -0.2) is 0 Å². The Morgan fingerprint density at radius 2 is 2.08 bits per heavy atom. The van der Waals surface area contributed by atoms with E-state index in [4.69, 9.17) is 0 Å². The molecule has 1 heterocycles. The molecule has 0 aromatic carbocycles. The minimum absolute atomic E-state index is 0.101. The van der Waals surface area contributed by atoms with Crippen LogP contribution in [0.4, 0.5) is 0 Å². The standard InChI is InChI=1S/C10H17NO/c1-9(2)7-4-5-10(9,3)8(12)11-6-7/h7H,4-6H2,1-3H3,(H,11,12)/t7-,10+/m1/s1. The van der Waals surface area contributed by atoms with Gasteiger partial charge < -0.3 is 5.32 Å². The van der Waals surface area contributed by atoms with Crippen LogP contribution in [0.15, 0.2) is 0 Å². The van der Waals surface area contributed by atoms with Gasteiger partial charge in [-0.05, 0) is 24.2 Å². The number of fused-ring (bicyclic) bond motifs is 2. The number of carbonyl (C=O) groups excluding carboxylic acids is 1. The van der Waals surface area contributed by atoms with Gasteiger partial charge in [-0.15, -0.1) is 0 Å². The minimum atomic E-state index is -0.101. The van der Waals surface area contributed by atoms with Crippen molar-refractivity contribution in [1.82, 2.24) is 5.32 Å². The van der Waals surface area contributed by atoms with Gasteiger partial charge in [-0.2, -0.15) is 0 Å². The van der Waals surface area contributed by atoms with Crippen LogP contribution >= 0.6 is 0 Å². The van der Waals surface area contributed by atoms with Crippen LogP contribution < -0.4 is 5.32 Å². The zero-order chi connectivity index (χ0) is 8.98. The second-order valence-corrected chi connectivity index (χ2v) is 5.00. The van der Waals surface area contributed by atoms with Gasteiger partial charge in [-0.1, -0.05) is 20.8 Å². The Hall–Kier alpha value is -0.530. The highest BCUT2D eigenvalue weighted by Crippen LogP contribution is 2.57. The molecule has 2 aliphatic rings. The summed E-state index contributed by atoms with van der Waals surface area (Å²) in [6.07, 6.45) is 2.28. The Kier molecular flexibility index (Phi) is 1.37. The number of hydrogen-bond acceptors (Lipinski definition) is 1. The topological polar surface area (TPSA) is 29.1 Å². The molecular weight excluding hydrogens is 150 g/mol. The zero-order valence-corrected chi connectivity index (χ0v) is 8.11. The highest BCUT2D eigenvalue weighted by molar-refractivity contribution is 5.84. The van der Waals surface area contributed by atoms with E-state index < -0.39 is 0 Å². The van der Waals surface area contributed by atoms with Crippen LogP contribution in [0.5, 0.6) is 0 Å². The van der Waals surface area contributed by atoms with E-state index in [-0.39, 0.29) is 16.7 Å². The molecule has 1 saturated carbocycles. The number of piperidine rings is 1. The number of carbonyl (C=O) groups is 1. The third-order valence-corrected chi connectivity index (χ3v) is 4.45. The first-order valence-corrected chi connectivity index (χ1v) is 4.77. The van der Waals surface area contributed by atoms with Crippen LogP contribution in [-0.2, 0) is 4.79 Å². The first-order chi connectivity index (χ1) is 5.48. The number of amides is 1. The molecule has 1 saturated heterocycles. The fourth-order valence-corrected chi connectivity index (χ4v) is 2.77. The van der Waals surface area contributed by atoms with Crippen molar-refractivity contribution in [3.05, 3.63) is 0 Å². The van der Waals surface area contributed by atoms with Gasteiger partial charge in [-0.3, -0.25) is 4.79 Å². The summed E-state index contributed by atoms with van der Waals surface area (Å²) >= 11 is 0. The third kappa shape index (κ3) is 0.686. The summed E-state index contributed by atoms with van der Waals surface area (Å²) in [5.74, 6) is 0.960. The number of rotatable bonds is 0. The van der Waals surface area contributed by atoms with Crippen LogP contribution in [0.1, 0.15) is 33.6 Å². The summed E-state index contributed by atoms with van der Waals surface area (Å²) in [7, 11) is 0. The maximum atomic E-state index is 11.7. The molecule has 2 atom stereocenters. The highest BCUT2D eigenvalue weighted by atomic mass is 16.2. The summed E-state index contributed by atoms with van der Waals surface area (Å²) < 4.78 is 0. The molecule has 2 fully saturated rings. The fourth-order valence-electron chi connectivity index (χ4n) is 2.77. The largest absolute Gasteiger partial charge is 0.355 e. The lowest BCUT2D eigenvalue weighted by atomic mass is 9.63. The van der Waals surface area contributed by atoms with E-state index in [1.165, 1.54) is 6.42 Å².